The summed E-state index contributed by atoms with van der Waals surface area (Å²) in [5.41, 5.74) is 2.99. The molecule has 0 radical (unpaired) electrons. The van der Waals surface area contributed by atoms with Gasteiger partial charge < -0.3 is 10.3 Å². The molecule has 1 unspecified atom stereocenters. The van der Waals surface area contributed by atoms with Crippen LogP contribution in [0.25, 0.3) is 10.9 Å². The van der Waals surface area contributed by atoms with E-state index in [1.807, 2.05) is 0 Å². The second-order valence-corrected chi connectivity index (χ2v) is 6.08. The fraction of sp³-hybridized carbons (Fsp3) is 0.429. The fourth-order valence-electron chi connectivity index (χ4n) is 3.08. The van der Waals surface area contributed by atoms with E-state index in [-0.39, 0.29) is 16.7 Å². The van der Waals surface area contributed by atoms with Gasteiger partial charge in [-0.15, -0.1) is 24.2 Å². The highest BCUT2D eigenvalue weighted by molar-refractivity contribution is 7.80. The molecule has 0 spiro atoms. The maximum absolute atomic E-state index is 11.4. The van der Waals surface area contributed by atoms with Crippen molar-refractivity contribution >= 4 is 40.8 Å². The highest BCUT2D eigenvalue weighted by Crippen LogP contribution is 2.40. The number of non-ortho nitro benzene ring substituents is 1. The number of hydrogen-bond donors (Lipinski definition) is 3. The van der Waals surface area contributed by atoms with Gasteiger partial charge in [0.25, 0.3) is 5.69 Å². The maximum atomic E-state index is 11.4. The third kappa shape index (κ3) is 2.52. The molecule has 1 aliphatic rings. The van der Waals surface area contributed by atoms with E-state index in [9.17, 15) is 10.1 Å². The van der Waals surface area contributed by atoms with E-state index in [4.69, 9.17) is 11.6 Å². The third-order valence-corrected chi connectivity index (χ3v) is 4.61. The highest BCUT2D eigenvalue weighted by Gasteiger charge is 2.29. The van der Waals surface area contributed by atoms with E-state index in [1.165, 1.54) is 6.07 Å². The molecule has 0 saturated carbocycles. The van der Waals surface area contributed by atoms with Gasteiger partial charge in [0.05, 0.1) is 15.8 Å². The molecular weight excluding hydrogens is 310 g/mol. The minimum Gasteiger partial charge on any atom is -0.357 e. The lowest BCUT2D eigenvalue weighted by Crippen LogP contribution is -2.29. The van der Waals surface area contributed by atoms with E-state index in [0.717, 1.165) is 47.5 Å². The van der Waals surface area contributed by atoms with Crippen molar-refractivity contribution in [1.29, 1.82) is 0 Å². The Kier molecular flexibility index (Phi) is 4.10. The second-order valence-electron chi connectivity index (χ2n) is 5.22. The van der Waals surface area contributed by atoms with Crippen LogP contribution in [0, 0.1) is 10.1 Å². The molecule has 1 aromatic carbocycles. The van der Waals surface area contributed by atoms with Crippen LogP contribution in [0.15, 0.2) is 17.0 Å². The predicted molar refractivity (Wildman–Crippen MR) is 86.6 cm³/mol. The van der Waals surface area contributed by atoms with E-state index >= 15 is 0 Å². The van der Waals surface area contributed by atoms with Gasteiger partial charge in [-0.3, -0.25) is 10.1 Å². The molecule has 1 aliphatic heterocycles. The quantitative estimate of drug-likeness (QED) is 0.348. The number of nitrogens with one attached hydrogen (secondary N) is 2. The van der Waals surface area contributed by atoms with Crippen molar-refractivity contribution in [3.05, 3.63) is 33.5 Å². The van der Waals surface area contributed by atoms with Gasteiger partial charge in [0.15, 0.2) is 0 Å². The van der Waals surface area contributed by atoms with Gasteiger partial charge in [-0.05, 0) is 18.9 Å². The lowest BCUT2D eigenvalue weighted by molar-refractivity contribution is -0.383. The van der Waals surface area contributed by atoms with Gasteiger partial charge in [-0.2, -0.15) is 0 Å². The van der Waals surface area contributed by atoms with Crippen LogP contribution < -0.4 is 5.32 Å². The Balaban J connectivity index is 2.22. The summed E-state index contributed by atoms with van der Waals surface area (Å²) in [6.45, 7) is 0.864. The van der Waals surface area contributed by atoms with Gasteiger partial charge in [0, 0.05) is 47.1 Å². The first-order valence-electron chi connectivity index (χ1n) is 6.93. The summed E-state index contributed by atoms with van der Waals surface area (Å²) in [4.78, 5) is 15.1. The molecule has 2 N–H and O–H groups in total. The van der Waals surface area contributed by atoms with Gasteiger partial charge in [0.1, 0.15) is 0 Å². The number of thiol groups is 1. The first kappa shape index (κ1) is 14.7. The third-order valence-electron chi connectivity index (χ3n) is 3.97. The second kappa shape index (κ2) is 5.87. The number of benzene rings is 1. The Labute approximate surface area is 132 Å². The Bertz CT molecular complexity index is 701. The summed E-state index contributed by atoms with van der Waals surface area (Å²) in [5, 5.41) is 15.5. The molecule has 3 rings (SSSR count). The van der Waals surface area contributed by atoms with Gasteiger partial charge >= 0.3 is 0 Å². The zero-order chi connectivity index (χ0) is 15.0. The van der Waals surface area contributed by atoms with Crippen molar-refractivity contribution in [2.75, 3.05) is 12.4 Å². The summed E-state index contributed by atoms with van der Waals surface area (Å²) in [5.74, 6) is 0.593. The van der Waals surface area contributed by atoms with Crippen LogP contribution in [0.2, 0.25) is 0 Å². The monoisotopic (exact) mass is 325 g/mol. The number of nitro benzene ring substituents is 1. The van der Waals surface area contributed by atoms with Crippen LogP contribution in [-0.4, -0.2) is 22.3 Å². The van der Waals surface area contributed by atoms with Crippen LogP contribution in [0.1, 0.15) is 30.1 Å². The van der Waals surface area contributed by atoms with Crippen LogP contribution in [0.3, 0.4) is 0 Å². The molecule has 0 amide bonds. The molecule has 7 heteroatoms. The van der Waals surface area contributed by atoms with Crippen LogP contribution >= 0.6 is 24.2 Å². The summed E-state index contributed by atoms with van der Waals surface area (Å²) >= 11 is 10.2. The number of halogens is 1. The Morgan fingerprint density at radius 3 is 3.00 bits per heavy atom. The fourth-order valence-corrected chi connectivity index (χ4v) is 3.48. The zero-order valence-electron chi connectivity index (χ0n) is 11.4. The first-order valence-corrected chi connectivity index (χ1v) is 7.91. The van der Waals surface area contributed by atoms with Crippen molar-refractivity contribution in [3.8, 4) is 0 Å². The number of nitro groups is 1. The summed E-state index contributed by atoms with van der Waals surface area (Å²) < 4.78 is 0. The van der Waals surface area contributed by atoms with Crippen LogP contribution in [-0.2, 0) is 6.42 Å². The van der Waals surface area contributed by atoms with E-state index in [0.29, 0.717) is 11.3 Å². The molecule has 112 valence electrons. The SMILES string of the molecule is O=[N+]([O-])c1ccc(S)c2[nH]c3c(c12)C(CCCCl)NCC3. The summed E-state index contributed by atoms with van der Waals surface area (Å²) in [6.07, 6.45) is 2.59. The summed E-state index contributed by atoms with van der Waals surface area (Å²) in [6, 6.07) is 3.31. The lowest BCUT2D eigenvalue weighted by atomic mass is 9.94. The number of hydrogen-bond acceptors (Lipinski definition) is 4. The highest BCUT2D eigenvalue weighted by atomic mass is 35.5. The first-order chi connectivity index (χ1) is 10.1. The van der Waals surface area contributed by atoms with Crippen molar-refractivity contribution in [3.63, 3.8) is 0 Å². The number of H-pyrrole nitrogens is 1. The summed E-state index contributed by atoms with van der Waals surface area (Å²) in [7, 11) is 0. The number of rotatable bonds is 4. The smallest absolute Gasteiger partial charge is 0.279 e. The Morgan fingerprint density at radius 1 is 1.48 bits per heavy atom. The zero-order valence-corrected chi connectivity index (χ0v) is 13.0. The molecule has 0 bridgehead atoms. The van der Waals surface area contributed by atoms with E-state index < -0.39 is 0 Å². The average Bonchev–Trinajstić information content (AvgIpc) is 2.86. The lowest BCUT2D eigenvalue weighted by Gasteiger charge is -2.24. The van der Waals surface area contributed by atoms with E-state index in [2.05, 4.69) is 22.9 Å². The standard InChI is InChI=1S/C14H16ClN3O2S/c15-6-1-2-8-12-9(5-7-16-8)17-14-11(21)4-3-10(13(12)14)18(19)20/h3-4,8,16-17,21H,1-2,5-7H2. The number of aromatic nitrogens is 1. The normalized spacial score (nSPS) is 17.9. The molecule has 1 aromatic heterocycles. The minimum atomic E-state index is -0.323. The van der Waals surface area contributed by atoms with Gasteiger partial charge in [-0.1, -0.05) is 0 Å². The maximum Gasteiger partial charge on any atom is 0.279 e. The van der Waals surface area contributed by atoms with E-state index in [1.54, 1.807) is 6.07 Å². The minimum absolute atomic E-state index is 0.107. The average molecular weight is 326 g/mol. The predicted octanol–water partition coefficient (Wildman–Crippen LogP) is 3.57. The number of alkyl halides is 1. The molecule has 0 aliphatic carbocycles. The largest absolute Gasteiger partial charge is 0.357 e. The molecule has 5 nitrogen and oxygen atoms in total. The molecule has 2 heterocycles. The van der Waals surface area contributed by atoms with Gasteiger partial charge in [0.2, 0.25) is 0 Å². The Morgan fingerprint density at radius 2 is 2.29 bits per heavy atom. The van der Waals surface area contributed by atoms with Crippen molar-refractivity contribution in [2.24, 2.45) is 0 Å². The molecule has 2 aromatic rings. The molecule has 0 fully saturated rings. The molecule has 0 saturated heterocycles. The Hall–Kier alpha value is -1.24. The molecular formula is C14H16ClN3O2S. The molecule has 21 heavy (non-hydrogen) atoms. The number of fused-ring (bicyclic) bond motifs is 3. The van der Waals surface area contributed by atoms with Gasteiger partial charge in [-0.25, -0.2) is 0 Å². The van der Waals surface area contributed by atoms with Crippen molar-refractivity contribution < 1.29 is 4.92 Å². The topological polar surface area (TPSA) is 71.0 Å². The van der Waals surface area contributed by atoms with Crippen molar-refractivity contribution in [1.82, 2.24) is 10.3 Å². The van der Waals surface area contributed by atoms with Crippen LogP contribution in [0.5, 0.6) is 0 Å². The van der Waals surface area contributed by atoms with Crippen LogP contribution in [0.4, 0.5) is 5.69 Å². The molecule has 1 atom stereocenters. The van der Waals surface area contributed by atoms with Crippen molar-refractivity contribution in [2.45, 2.75) is 30.2 Å². The number of nitrogens with zero attached hydrogens (tertiary/aromatic N) is 1. The number of aromatic amines is 1.